The first kappa shape index (κ1) is 16.8. The summed E-state index contributed by atoms with van der Waals surface area (Å²) >= 11 is 0. The Hall–Kier alpha value is -2.54. The van der Waals surface area contributed by atoms with Crippen molar-refractivity contribution < 1.29 is 5.11 Å². The molecule has 120 valence electrons. The van der Waals surface area contributed by atoms with E-state index in [9.17, 15) is 10.4 Å². The van der Waals surface area contributed by atoms with Crippen molar-refractivity contribution in [3.05, 3.63) is 52.3 Å². The highest BCUT2D eigenvalue weighted by Crippen LogP contribution is 2.28. The second-order valence-electron chi connectivity index (χ2n) is 5.95. The van der Waals surface area contributed by atoms with Crippen LogP contribution in [0, 0.1) is 25.2 Å². The Morgan fingerprint density at radius 3 is 2.35 bits per heavy atom. The smallest absolute Gasteiger partial charge is 0.159 e. The normalized spacial score (nSPS) is 13.4. The molecule has 0 bridgehead atoms. The lowest BCUT2D eigenvalue weighted by Gasteiger charge is -2.10. The minimum absolute atomic E-state index is 0.0237. The average molecular weight is 309 g/mol. The molecular formula is C19H23N3O. The van der Waals surface area contributed by atoms with Crippen LogP contribution in [-0.4, -0.2) is 14.9 Å². The van der Waals surface area contributed by atoms with Crippen LogP contribution in [0.25, 0.3) is 11.3 Å². The molecule has 0 saturated heterocycles. The van der Waals surface area contributed by atoms with E-state index in [1.165, 1.54) is 5.56 Å². The fourth-order valence-corrected chi connectivity index (χ4v) is 2.68. The lowest BCUT2D eigenvalue weighted by Crippen LogP contribution is -2.01. The van der Waals surface area contributed by atoms with Gasteiger partial charge in [-0.05, 0) is 37.3 Å². The van der Waals surface area contributed by atoms with Crippen molar-refractivity contribution >= 4 is 11.3 Å². The molecule has 0 amide bonds. The van der Waals surface area contributed by atoms with Crippen LogP contribution in [0.15, 0.2) is 24.3 Å². The van der Waals surface area contributed by atoms with Crippen molar-refractivity contribution in [2.45, 2.75) is 40.0 Å². The molecule has 4 nitrogen and oxygen atoms in total. The highest BCUT2D eigenvalue weighted by Gasteiger charge is 2.18. The second-order valence-corrected chi connectivity index (χ2v) is 5.95. The van der Waals surface area contributed by atoms with Crippen molar-refractivity contribution in [3.8, 4) is 6.07 Å². The molecule has 0 spiro atoms. The van der Waals surface area contributed by atoms with Gasteiger partial charge in [0.25, 0.3) is 0 Å². The maximum Gasteiger partial charge on any atom is 0.159 e. The number of aromatic nitrogens is 2. The predicted molar refractivity (Wildman–Crippen MR) is 92.9 cm³/mol. The van der Waals surface area contributed by atoms with E-state index < -0.39 is 0 Å². The van der Waals surface area contributed by atoms with Gasteiger partial charge in [0, 0.05) is 12.6 Å². The summed E-state index contributed by atoms with van der Waals surface area (Å²) in [7, 11) is 1.77. The summed E-state index contributed by atoms with van der Waals surface area (Å²) in [5.74, 6) is 0.457. The summed E-state index contributed by atoms with van der Waals surface area (Å²) in [5.41, 5.74) is 4.54. The van der Waals surface area contributed by atoms with Gasteiger partial charge in [-0.3, -0.25) is 4.68 Å². The molecule has 1 N–H and O–H groups in total. The third-order valence-electron chi connectivity index (χ3n) is 4.48. The number of aryl methyl sites for hydroxylation is 2. The van der Waals surface area contributed by atoms with Crippen LogP contribution in [-0.2, 0) is 7.05 Å². The maximum atomic E-state index is 10.6. The third-order valence-corrected chi connectivity index (χ3v) is 4.48. The van der Waals surface area contributed by atoms with Crippen LogP contribution in [0.5, 0.6) is 0 Å². The Balaban J connectivity index is 2.52. The van der Waals surface area contributed by atoms with Crippen molar-refractivity contribution in [1.29, 1.82) is 5.26 Å². The van der Waals surface area contributed by atoms with E-state index >= 15 is 0 Å². The van der Waals surface area contributed by atoms with Crippen LogP contribution >= 0.6 is 0 Å². The Kier molecular flexibility index (Phi) is 4.90. The van der Waals surface area contributed by atoms with E-state index in [0.717, 1.165) is 23.2 Å². The second kappa shape index (κ2) is 6.70. The Morgan fingerprint density at radius 1 is 1.30 bits per heavy atom. The lowest BCUT2D eigenvalue weighted by molar-refractivity contribution is 0.502. The molecule has 0 aliphatic rings. The minimum Gasteiger partial charge on any atom is -0.504 e. The SMILES string of the molecule is CCC(C)c1ccc(C(C#N)=C(O)c2c(C)c(C)nn2C)cc1. The molecular weight excluding hydrogens is 286 g/mol. The van der Waals surface area contributed by atoms with Gasteiger partial charge in [0.2, 0.25) is 0 Å². The first-order valence-electron chi connectivity index (χ1n) is 7.84. The van der Waals surface area contributed by atoms with Crippen LogP contribution < -0.4 is 0 Å². The minimum atomic E-state index is -0.0237. The van der Waals surface area contributed by atoms with Crippen LogP contribution in [0.3, 0.4) is 0 Å². The van der Waals surface area contributed by atoms with Crippen molar-refractivity contribution in [1.82, 2.24) is 9.78 Å². The molecule has 23 heavy (non-hydrogen) atoms. The zero-order valence-corrected chi connectivity index (χ0v) is 14.4. The number of nitriles is 1. The van der Waals surface area contributed by atoms with Crippen LogP contribution in [0.2, 0.25) is 0 Å². The maximum absolute atomic E-state index is 10.6. The van der Waals surface area contributed by atoms with Gasteiger partial charge in [-0.1, -0.05) is 38.1 Å². The Labute approximate surface area is 137 Å². The summed E-state index contributed by atoms with van der Waals surface area (Å²) in [4.78, 5) is 0. The first-order chi connectivity index (χ1) is 10.9. The molecule has 1 atom stereocenters. The van der Waals surface area contributed by atoms with Crippen molar-refractivity contribution in [2.24, 2.45) is 7.05 Å². The highest BCUT2D eigenvalue weighted by molar-refractivity contribution is 5.94. The standard InChI is InChI=1S/C19H23N3O/c1-6-12(2)15-7-9-16(10-8-15)17(11-20)19(23)18-13(3)14(4)21-22(18)5/h7-10,12,23H,6H2,1-5H3. The highest BCUT2D eigenvalue weighted by atomic mass is 16.3. The van der Waals surface area contributed by atoms with Crippen molar-refractivity contribution in [2.75, 3.05) is 0 Å². The molecule has 0 saturated carbocycles. The van der Waals surface area contributed by atoms with Gasteiger partial charge in [0.05, 0.1) is 5.69 Å². The number of aliphatic hydroxyl groups excluding tert-OH is 1. The lowest BCUT2D eigenvalue weighted by atomic mass is 9.95. The Bertz CT molecular complexity index is 776. The molecule has 1 aromatic carbocycles. The quantitative estimate of drug-likeness (QED) is 0.668. The monoisotopic (exact) mass is 309 g/mol. The molecule has 1 unspecified atom stereocenters. The molecule has 0 fully saturated rings. The van der Waals surface area contributed by atoms with Gasteiger partial charge >= 0.3 is 0 Å². The molecule has 1 aromatic heterocycles. The van der Waals surface area contributed by atoms with E-state index in [1.54, 1.807) is 11.7 Å². The van der Waals surface area contributed by atoms with Gasteiger partial charge in [-0.15, -0.1) is 0 Å². The molecule has 0 aliphatic carbocycles. The third kappa shape index (κ3) is 3.14. The largest absolute Gasteiger partial charge is 0.504 e. The van der Waals surface area contributed by atoms with E-state index in [-0.39, 0.29) is 11.3 Å². The number of nitrogens with zero attached hydrogens (tertiary/aromatic N) is 3. The number of allylic oxidation sites excluding steroid dienone is 1. The zero-order valence-electron chi connectivity index (χ0n) is 14.4. The predicted octanol–water partition coefficient (Wildman–Crippen LogP) is 4.50. The van der Waals surface area contributed by atoms with Crippen LogP contribution in [0.4, 0.5) is 0 Å². The van der Waals surface area contributed by atoms with Gasteiger partial charge in [0.15, 0.2) is 5.76 Å². The number of hydrogen-bond donors (Lipinski definition) is 1. The summed E-state index contributed by atoms with van der Waals surface area (Å²) in [6.45, 7) is 8.11. The fourth-order valence-electron chi connectivity index (χ4n) is 2.68. The van der Waals surface area contributed by atoms with Gasteiger partial charge in [-0.2, -0.15) is 10.4 Å². The topological polar surface area (TPSA) is 61.8 Å². The molecule has 1 heterocycles. The summed E-state index contributed by atoms with van der Waals surface area (Å²) in [5, 5.41) is 24.5. The van der Waals surface area contributed by atoms with Gasteiger partial charge in [-0.25, -0.2) is 0 Å². The molecule has 2 rings (SSSR count). The molecule has 0 radical (unpaired) electrons. The zero-order chi connectivity index (χ0) is 17.1. The Morgan fingerprint density at radius 2 is 1.91 bits per heavy atom. The number of aliphatic hydroxyl groups is 1. The number of rotatable bonds is 4. The molecule has 2 aromatic rings. The summed E-state index contributed by atoms with van der Waals surface area (Å²) in [6, 6.07) is 9.97. The van der Waals surface area contributed by atoms with Crippen LogP contribution in [0.1, 0.15) is 54.3 Å². The molecule has 4 heteroatoms. The van der Waals surface area contributed by atoms with Gasteiger partial charge < -0.3 is 5.11 Å². The molecule has 0 aliphatic heterocycles. The summed E-state index contributed by atoms with van der Waals surface area (Å²) < 4.78 is 1.62. The van der Waals surface area contributed by atoms with E-state index in [1.807, 2.05) is 38.1 Å². The van der Waals surface area contributed by atoms with Gasteiger partial charge in [0.1, 0.15) is 17.3 Å². The number of hydrogen-bond acceptors (Lipinski definition) is 3. The fraction of sp³-hybridized carbons (Fsp3) is 0.368. The first-order valence-corrected chi connectivity index (χ1v) is 7.84. The van der Waals surface area contributed by atoms with E-state index in [2.05, 4.69) is 25.0 Å². The van der Waals surface area contributed by atoms with E-state index in [0.29, 0.717) is 11.6 Å². The number of benzene rings is 1. The van der Waals surface area contributed by atoms with Crippen molar-refractivity contribution in [3.63, 3.8) is 0 Å². The summed E-state index contributed by atoms with van der Waals surface area (Å²) in [6.07, 6.45) is 1.07. The average Bonchev–Trinajstić information content (AvgIpc) is 2.80. The van der Waals surface area contributed by atoms with E-state index in [4.69, 9.17) is 0 Å².